The average Bonchev–Trinajstić information content (AvgIpc) is 2.33. The Hall–Kier alpha value is -1.75. The molecule has 1 aromatic rings. The molecule has 1 atom stereocenters. The first-order valence-corrected chi connectivity index (χ1v) is 6.31. The van der Waals surface area contributed by atoms with Crippen LogP contribution >= 0.6 is 0 Å². The van der Waals surface area contributed by atoms with Gasteiger partial charge in [0, 0.05) is 12.1 Å². The molecule has 0 bridgehead atoms. The number of ether oxygens (including phenoxy) is 1. The number of benzene rings is 1. The summed E-state index contributed by atoms with van der Waals surface area (Å²) in [6.45, 7) is -0.959. The van der Waals surface area contributed by atoms with Gasteiger partial charge in [0.25, 0.3) is 5.69 Å². The van der Waals surface area contributed by atoms with Crippen molar-refractivity contribution in [3.05, 3.63) is 34.4 Å². The second-order valence-corrected chi connectivity index (χ2v) is 4.52. The molecular formula is C9H11NO8S. The van der Waals surface area contributed by atoms with E-state index >= 15 is 0 Å². The molecule has 0 aliphatic heterocycles. The zero-order chi connectivity index (χ0) is 14.5. The molecule has 0 heterocycles. The lowest BCUT2D eigenvalue weighted by Gasteiger charge is -2.11. The Kier molecular flexibility index (Phi) is 5.18. The van der Waals surface area contributed by atoms with Gasteiger partial charge >= 0.3 is 10.4 Å². The Bertz CT molecular complexity index is 526. The van der Waals surface area contributed by atoms with Crippen LogP contribution in [0, 0.1) is 10.1 Å². The number of hydrogen-bond acceptors (Lipinski definition) is 7. The minimum atomic E-state index is -4.61. The number of nitro groups is 1. The maximum Gasteiger partial charge on any atom is 0.397 e. The van der Waals surface area contributed by atoms with Gasteiger partial charge in [-0.05, 0) is 12.1 Å². The quantitative estimate of drug-likeness (QED) is 0.412. The Morgan fingerprint density at radius 3 is 2.32 bits per heavy atom. The number of non-ortho nitro benzene ring substituents is 1. The van der Waals surface area contributed by atoms with Crippen LogP contribution in [0.15, 0.2) is 24.3 Å². The van der Waals surface area contributed by atoms with Crippen molar-refractivity contribution in [2.45, 2.75) is 6.10 Å². The van der Waals surface area contributed by atoms with Gasteiger partial charge in [-0.15, -0.1) is 0 Å². The molecule has 106 valence electrons. The van der Waals surface area contributed by atoms with E-state index in [9.17, 15) is 23.6 Å². The highest BCUT2D eigenvalue weighted by atomic mass is 32.3. The fourth-order valence-electron chi connectivity index (χ4n) is 1.07. The fourth-order valence-corrected chi connectivity index (χ4v) is 1.40. The van der Waals surface area contributed by atoms with Crippen molar-refractivity contribution in [2.24, 2.45) is 0 Å². The van der Waals surface area contributed by atoms with Gasteiger partial charge in [0.1, 0.15) is 18.5 Å². The van der Waals surface area contributed by atoms with Gasteiger partial charge in [-0.1, -0.05) is 0 Å². The predicted molar refractivity (Wildman–Crippen MR) is 62.1 cm³/mol. The van der Waals surface area contributed by atoms with Crippen LogP contribution in [-0.4, -0.2) is 42.3 Å². The molecule has 0 aliphatic rings. The molecule has 1 rings (SSSR count). The molecule has 19 heavy (non-hydrogen) atoms. The fraction of sp³-hybridized carbons (Fsp3) is 0.333. The third-order valence-electron chi connectivity index (χ3n) is 1.90. The van der Waals surface area contributed by atoms with E-state index in [1.165, 1.54) is 24.3 Å². The number of hydrogen-bond donors (Lipinski definition) is 2. The van der Waals surface area contributed by atoms with Gasteiger partial charge < -0.3 is 9.84 Å². The molecule has 0 radical (unpaired) electrons. The van der Waals surface area contributed by atoms with Crippen LogP contribution in [-0.2, 0) is 14.6 Å². The van der Waals surface area contributed by atoms with E-state index in [-0.39, 0.29) is 18.0 Å². The first kappa shape index (κ1) is 15.3. The smallest absolute Gasteiger partial charge is 0.397 e. The van der Waals surface area contributed by atoms with Crippen LogP contribution < -0.4 is 4.74 Å². The number of nitro benzene ring substituents is 1. The standard InChI is InChI=1S/C9H11NO8S/c11-8(6-18-19(14,15)16)5-17-9-3-1-7(2-4-9)10(12)13/h1-4,8,11H,5-6H2,(H,14,15,16). The number of aliphatic hydroxyl groups is 1. The lowest BCUT2D eigenvalue weighted by atomic mass is 10.3. The summed E-state index contributed by atoms with van der Waals surface area (Å²) in [5, 5.41) is 19.7. The van der Waals surface area contributed by atoms with Crippen molar-refractivity contribution in [2.75, 3.05) is 13.2 Å². The maximum absolute atomic E-state index is 10.4. The first-order valence-electron chi connectivity index (χ1n) is 4.95. The summed E-state index contributed by atoms with van der Waals surface area (Å²) in [7, 11) is -4.61. The number of rotatable bonds is 7. The van der Waals surface area contributed by atoms with Gasteiger partial charge in [0.15, 0.2) is 0 Å². The van der Waals surface area contributed by atoms with Crippen LogP contribution in [0.2, 0.25) is 0 Å². The van der Waals surface area contributed by atoms with Gasteiger partial charge in [0.2, 0.25) is 0 Å². The molecule has 1 unspecified atom stereocenters. The lowest BCUT2D eigenvalue weighted by molar-refractivity contribution is -0.384. The highest BCUT2D eigenvalue weighted by molar-refractivity contribution is 7.80. The van der Waals surface area contributed by atoms with Crippen molar-refractivity contribution in [1.82, 2.24) is 0 Å². The van der Waals surface area contributed by atoms with Gasteiger partial charge in [-0.2, -0.15) is 8.42 Å². The largest absolute Gasteiger partial charge is 0.491 e. The highest BCUT2D eigenvalue weighted by Crippen LogP contribution is 2.17. The van der Waals surface area contributed by atoms with Gasteiger partial charge in [0.05, 0.1) is 11.5 Å². The SMILES string of the molecule is O=[N+]([O-])c1ccc(OCC(O)COS(=O)(=O)O)cc1. The second kappa shape index (κ2) is 6.43. The van der Waals surface area contributed by atoms with Crippen molar-refractivity contribution in [3.63, 3.8) is 0 Å². The molecule has 0 aliphatic carbocycles. The lowest BCUT2D eigenvalue weighted by Crippen LogP contribution is -2.25. The molecule has 1 aromatic carbocycles. The minimum absolute atomic E-state index is 0.109. The molecular weight excluding hydrogens is 282 g/mol. The minimum Gasteiger partial charge on any atom is -0.491 e. The van der Waals surface area contributed by atoms with E-state index in [4.69, 9.17) is 9.29 Å². The Morgan fingerprint density at radius 1 is 1.26 bits per heavy atom. The van der Waals surface area contributed by atoms with E-state index in [0.717, 1.165) is 0 Å². The van der Waals surface area contributed by atoms with E-state index < -0.39 is 28.0 Å². The van der Waals surface area contributed by atoms with E-state index in [2.05, 4.69) is 4.18 Å². The topological polar surface area (TPSA) is 136 Å². The molecule has 0 saturated carbocycles. The van der Waals surface area contributed by atoms with Crippen LogP contribution in [0.1, 0.15) is 0 Å². The van der Waals surface area contributed by atoms with E-state index in [1.54, 1.807) is 0 Å². The first-order chi connectivity index (χ1) is 8.78. The maximum atomic E-state index is 10.4. The Morgan fingerprint density at radius 2 is 1.84 bits per heavy atom. The molecule has 0 aromatic heterocycles. The summed E-state index contributed by atoms with van der Waals surface area (Å²) in [4.78, 5) is 9.81. The molecule has 0 saturated heterocycles. The molecule has 0 fully saturated rings. The Labute approximate surface area is 108 Å². The molecule has 2 N–H and O–H groups in total. The normalized spacial score (nSPS) is 12.9. The van der Waals surface area contributed by atoms with Crippen LogP contribution in [0.3, 0.4) is 0 Å². The third-order valence-corrected chi connectivity index (χ3v) is 2.33. The summed E-state index contributed by atoms with van der Waals surface area (Å²) in [5.74, 6) is 0.261. The molecule has 0 amide bonds. The van der Waals surface area contributed by atoms with E-state index in [0.29, 0.717) is 0 Å². The van der Waals surface area contributed by atoms with Gasteiger partial charge in [-0.3, -0.25) is 14.7 Å². The van der Waals surface area contributed by atoms with Crippen molar-refractivity contribution in [3.8, 4) is 5.75 Å². The third kappa shape index (κ3) is 6.10. The van der Waals surface area contributed by atoms with Crippen molar-refractivity contribution in [1.29, 1.82) is 0 Å². The van der Waals surface area contributed by atoms with Crippen LogP contribution in [0.5, 0.6) is 5.75 Å². The monoisotopic (exact) mass is 293 g/mol. The predicted octanol–water partition coefficient (Wildman–Crippen LogP) is 0.154. The average molecular weight is 293 g/mol. The summed E-state index contributed by atoms with van der Waals surface area (Å²) in [5.41, 5.74) is -0.109. The van der Waals surface area contributed by atoms with E-state index in [1.807, 2.05) is 0 Å². The zero-order valence-electron chi connectivity index (χ0n) is 9.50. The molecule has 0 spiro atoms. The summed E-state index contributed by atoms with van der Waals surface area (Å²) >= 11 is 0. The van der Waals surface area contributed by atoms with Crippen LogP contribution in [0.25, 0.3) is 0 Å². The van der Waals surface area contributed by atoms with Gasteiger partial charge in [-0.25, -0.2) is 4.18 Å². The van der Waals surface area contributed by atoms with Crippen molar-refractivity contribution >= 4 is 16.1 Å². The Balaban J connectivity index is 2.42. The summed E-state index contributed by atoms with van der Waals surface area (Å²) in [6.07, 6.45) is -1.28. The van der Waals surface area contributed by atoms with Crippen molar-refractivity contribution < 1.29 is 31.9 Å². The summed E-state index contributed by atoms with van der Waals surface area (Å²) in [6, 6.07) is 5.09. The second-order valence-electron chi connectivity index (χ2n) is 3.43. The zero-order valence-corrected chi connectivity index (χ0v) is 10.3. The summed E-state index contributed by atoms with van der Waals surface area (Å²) < 4.78 is 37.7. The number of nitrogens with zero attached hydrogens (tertiary/aromatic N) is 1. The molecule has 10 heteroatoms. The number of aliphatic hydroxyl groups excluding tert-OH is 1. The van der Waals surface area contributed by atoms with Crippen LogP contribution in [0.4, 0.5) is 5.69 Å². The molecule has 9 nitrogen and oxygen atoms in total. The highest BCUT2D eigenvalue weighted by Gasteiger charge is 2.12.